The Kier molecular flexibility index (Phi) is 4.72. The number of rotatable bonds is 4. The lowest BCUT2D eigenvalue weighted by Crippen LogP contribution is -2.11. The van der Waals surface area contributed by atoms with Crippen LogP contribution >= 0.6 is 15.9 Å². The Hall–Kier alpha value is -1.19. The van der Waals surface area contributed by atoms with Crippen LogP contribution < -0.4 is 5.32 Å². The van der Waals surface area contributed by atoms with E-state index in [1.54, 1.807) is 6.07 Å². The molecule has 0 radical (unpaired) electrons. The Balaban J connectivity index is 2.38. The molecule has 0 saturated heterocycles. The summed E-state index contributed by atoms with van der Waals surface area (Å²) >= 11 is 3.23. The van der Waals surface area contributed by atoms with Crippen molar-refractivity contribution in [2.45, 2.75) is 20.4 Å². The molecule has 19 heavy (non-hydrogen) atoms. The summed E-state index contributed by atoms with van der Waals surface area (Å²) < 4.78 is 14.6. The summed E-state index contributed by atoms with van der Waals surface area (Å²) in [5.74, 6) is -0.204. The molecule has 2 rings (SSSR count). The summed E-state index contributed by atoms with van der Waals surface area (Å²) in [7, 11) is 0. The van der Waals surface area contributed by atoms with E-state index in [4.69, 9.17) is 0 Å². The zero-order valence-corrected chi connectivity index (χ0v) is 12.7. The molecular formula is C16H17BrFN. The van der Waals surface area contributed by atoms with Gasteiger partial charge in [-0.05, 0) is 52.2 Å². The highest BCUT2D eigenvalue weighted by atomic mass is 79.9. The van der Waals surface area contributed by atoms with Gasteiger partial charge >= 0.3 is 0 Å². The number of hydrogen-bond donors (Lipinski definition) is 1. The lowest BCUT2D eigenvalue weighted by atomic mass is 9.98. The van der Waals surface area contributed by atoms with Gasteiger partial charge in [0.15, 0.2) is 0 Å². The number of benzene rings is 2. The summed E-state index contributed by atoms with van der Waals surface area (Å²) in [6.07, 6.45) is 0. The lowest BCUT2D eigenvalue weighted by Gasteiger charge is -2.11. The van der Waals surface area contributed by atoms with Gasteiger partial charge in [0.05, 0.1) is 4.47 Å². The van der Waals surface area contributed by atoms with Crippen LogP contribution in [0.25, 0.3) is 11.1 Å². The highest BCUT2D eigenvalue weighted by Gasteiger charge is 2.10. The quantitative estimate of drug-likeness (QED) is 0.862. The SMILES string of the molecule is CCNCc1ccc(-c2cccc(Br)c2F)c(C)c1. The van der Waals surface area contributed by atoms with Crippen LogP contribution in [0.4, 0.5) is 4.39 Å². The van der Waals surface area contributed by atoms with E-state index in [0.717, 1.165) is 24.2 Å². The molecule has 1 nitrogen and oxygen atoms in total. The van der Waals surface area contributed by atoms with Gasteiger partial charge in [-0.25, -0.2) is 4.39 Å². The number of nitrogens with one attached hydrogen (secondary N) is 1. The molecule has 0 aliphatic carbocycles. The van der Waals surface area contributed by atoms with Crippen molar-refractivity contribution in [3.05, 3.63) is 57.8 Å². The van der Waals surface area contributed by atoms with E-state index in [-0.39, 0.29) is 5.82 Å². The van der Waals surface area contributed by atoms with E-state index in [2.05, 4.69) is 34.2 Å². The van der Waals surface area contributed by atoms with Gasteiger partial charge in [0.25, 0.3) is 0 Å². The molecule has 2 aromatic rings. The Morgan fingerprint density at radius 2 is 1.95 bits per heavy atom. The van der Waals surface area contributed by atoms with Crippen molar-refractivity contribution in [1.29, 1.82) is 0 Å². The molecule has 0 atom stereocenters. The van der Waals surface area contributed by atoms with Crippen LogP contribution in [-0.4, -0.2) is 6.54 Å². The molecule has 0 aliphatic rings. The van der Waals surface area contributed by atoms with Crippen LogP contribution in [0.15, 0.2) is 40.9 Å². The maximum absolute atomic E-state index is 14.1. The Bertz CT molecular complexity index is 581. The fourth-order valence-corrected chi connectivity index (χ4v) is 2.49. The van der Waals surface area contributed by atoms with Gasteiger partial charge in [0.2, 0.25) is 0 Å². The van der Waals surface area contributed by atoms with Gasteiger partial charge < -0.3 is 5.32 Å². The number of aryl methyl sites for hydroxylation is 1. The highest BCUT2D eigenvalue weighted by Crippen LogP contribution is 2.30. The first-order valence-electron chi connectivity index (χ1n) is 6.38. The predicted octanol–water partition coefficient (Wildman–Crippen LogP) is 4.67. The van der Waals surface area contributed by atoms with Crippen LogP contribution in [0, 0.1) is 12.7 Å². The molecule has 0 saturated carbocycles. The predicted molar refractivity (Wildman–Crippen MR) is 81.7 cm³/mol. The third-order valence-electron chi connectivity index (χ3n) is 3.11. The minimum absolute atomic E-state index is 0.204. The van der Waals surface area contributed by atoms with Crippen molar-refractivity contribution in [3.63, 3.8) is 0 Å². The van der Waals surface area contributed by atoms with Gasteiger partial charge in [-0.15, -0.1) is 0 Å². The Labute approximate surface area is 122 Å². The Morgan fingerprint density at radius 1 is 1.16 bits per heavy atom. The molecule has 0 bridgehead atoms. The number of hydrogen-bond acceptors (Lipinski definition) is 1. The van der Waals surface area contributed by atoms with E-state index in [1.807, 2.05) is 31.2 Å². The first-order valence-corrected chi connectivity index (χ1v) is 7.17. The summed E-state index contributed by atoms with van der Waals surface area (Å²) in [4.78, 5) is 0. The third kappa shape index (κ3) is 3.23. The molecule has 0 amide bonds. The average Bonchev–Trinajstić information content (AvgIpc) is 2.40. The van der Waals surface area contributed by atoms with Crippen LogP contribution in [0.3, 0.4) is 0 Å². The second-order valence-electron chi connectivity index (χ2n) is 4.53. The van der Waals surface area contributed by atoms with E-state index >= 15 is 0 Å². The summed E-state index contributed by atoms with van der Waals surface area (Å²) in [5, 5.41) is 3.29. The fraction of sp³-hybridized carbons (Fsp3) is 0.250. The molecule has 2 aromatic carbocycles. The first kappa shape index (κ1) is 14.2. The zero-order valence-electron chi connectivity index (χ0n) is 11.1. The highest BCUT2D eigenvalue weighted by molar-refractivity contribution is 9.10. The molecule has 100 valence electrons. The van der Waals surface area contributed by atoms with Crippen LogP contribution in [0.1, 0.15) is 18.1 Å². The molecule has 3 heteroatoms. The van der Waals surface area contributed by atoms with Gasteiger partial charge in [-0.2, -0.15) is 0 Å². The van der Waals surface area contributed by atoms with Gasteiger partial charge in [0, 0.05) is 12.1 Å². The maximum atomic E-state index is 14.1. The van der Waals surface area contributed by atoms with E-state index in [9.17, 15) is 4.39 Å². The van der Waals surface area contributed by atoms with Crippen molar-refractivity contribution >= 4 is 15.9 Å². The molecule has 0 heterocycles. The largest absolute Gasteiger partial charge is 0.313 e. The number of halogens is 2. The molecule has 0 spiro atoms. The average molecular weight is 322 g/mol. The standard InChI is InChI=1S/C16H17BrFN/c1-3-19-10-12-7-8-13(11(2)9-12)14-5-4-6-15(17)16(14)18/h4-9,19H,3,10H2,1-2H3. The topological polar surface area (TPSA) is 12.0 Å². The van der Waals surface area contributed by atoms with E-state index < -0.39 is 0 Å². The van der Waals surface area contributed by atoms with Gasteiger partial charge in [-0.3, -0.25) is 0 Å². The van der Waals surface area contributed by atoms with Gasteiger partial charge in [-0.1, -0.05) is 37.3 Å². The minimum Gasteiger partial charge on any atom is -0.313 e. The zero-order chi connectivity index (χ0) is 13.8. The molecule has 0 aromatic heterocycles. The van der Waals surface area contributed by atoms with Crippen LogP contribution in [0.2, 0.25) is 0 Å². The van der Waals surface area contributed by atoms with E-state index in [1.165, 1.54) is 5.56 Å². The minimum atomic E-state index is -0.204. The van der Waals surface area contributed by atoms with Crippen LogP contribution in [0.5, 0.6) is 0 Å². The van der Waals surface area contributed by atoms with Crippen molar-refractivity contribution in [1.82, 2.24) is 5.32 Å². The van der Waals surface area contributed by atoms with Crippen molar-refractivity contribution in [3.8, 4) is 11.1 Å². The molecule has 0 aliphatic heterocycles. The lowest BCUT2D eigenvalue weighted by molar-refractivity contribution is 0.624. The third-order valence-corrected chi connectivity index (χ3v) is 3.72. The van der Waals surface area contributed by atoms with Crippen molar-refractivity contribution in [2.75, 3.05) is 6.54 Å². The van der Waals surface area contributed by atoms with Crippen molar-refractivity contribution in [2.24, 2.45) is 0 Å². The molecule has 0 unspecified atom stereocenters. The summed E-state index contributed by atoms with van der Waals surface area (Å²) in [5.41, 5.74) is 3.90. The maximum Gasteiger partial charge on any atom is 0.145 e. The second kappa shape index (κ2) is 6.31. The monoisotopic (exact) mass is 321 g/mol. The van der Waals surface area contributed by atoms with Crippen LogP contribution in [-0.2, 0) is 6.54 Å². The fourth-order valence-electron chi connectivity index (χ4n) is 2.12. The van der Waals surface area contributed by atoms with Crippen molar-refractivity contribution < 1.29 is 4.39 Å². The summed E-state index contributed by atoms with van der Waals surface area (Å²) in [6, 6.07) is 11.5. The van der Waals surface area contributed by atoms with E-state index in [0.29, 0.717) is 10.0 Å². The normalized spacial score (nSPS) is 10.7. The molecule has 0 fully saturated rings. The smallest absolute Gasteiger partial charge is 0.145 e. The second-order valence-corrected chi connectivity index (χ2v) is 5.39. The molecule has 1 N–H and O–H groups in total. The Morgan fingerprint density at radius 3 is 2.63 bits per heavy atom. The first-order chi connectivity index (χ1) is 9.13. The summed E-state index contributed by atoms with van der Waals surface area (Å²) in [6.45, 7) is 5.89. The van der Waals surface area contributed by atoms with Gasteiger partial charge in [0.1, 0.15) is 5.82 Å². The molecular weight excluding hydrogens is 305 g/mol.